The number of likely N-dealkylation sites (N-methyl/N-ethyl adjacent to an activating group) is 1. The summed E-state index contributed by atoms with van der Waals surface area (Å²) in [5.41, 5.74) is 1.16. The lowest BCUT2D eigenvalue weighted by Gasteiger charge is -2.42. The molecular weight excluding hydrogens is 258 g/mol. The van der Waals surface area contributed by atoms with Crippen LogP contribution in [0, 0.1) is 0 Å². The van der Waals surface area contributed by atoms with E-state index in [0.717, 1.165) is 24.7 Å². The molecule has 1 unspecified atom stereocenters. The zero-order valence-electron chi connectivity index (χ0n) is 12.1. The van der Waals surface area contributed by atoms with Gasteiger partial charge in [0.25, 0.3) is 0 Å². The molecule has 2 rings (SSSR count). The number of anilines is 1. The highest BCUT2D eigenvalue weighted by Crippen LogP contribution is 2.23. The Kier molecular flexibility index (Phi) is 4.71. The second-order valence-corrected chi connectivity index (χ2v) is 6.16. The van der Waals surface area contributed by atoms with Crippen molar-refractivity contribution < 1.29 is 4.74 Å². The van der Waals surface area contributed by atoms with Crippen LogP contribution in [0.5, 0.6) is 0 Å². The standard InChI is InChI=1S/C14H23N3OS/c1-14(2,15-3)12-10-17(7-8-18-12)11-5-6-13(19-4)16-9-11/h5-6,9,12,15H,7-8,10H2,1-4H3. The molecule has 1 aromatic heterocycles. The fraction of sp³-hybridized carbons (Fsp3) is 0.643. The molecule has 1 N–H and O–H groups in total. The van der Waals surface area contributed by atoms with Crippen LogP contribution in [0.15, 0.2) is 23.4 Å². The normalized spacial score (nSPS) is 20.6. The topological polar surface area (TPSA) is 37.4 Å². The largest absolute Gasteiger partial charge is 0.373 e. The molecule has 106 valence electrons. The van der Waals surface area contributed by atoms with Crippen molar-refractivity contribution in [3.05, 3.63) is 18.3 Å². The molecule has 1 aliphatic rings. The van der Waals surface area contributed by atoms with Crippen LogP contribution >= 0.6 is 11.8 Å². The zero-order valence-corrected chi connectivity index (χ0v) is 13.0. The van der Waals surface area contributed by atoms with Gasteiger partial charge >= 0.3 is 0 Å². The maximum atomic E-state index is 5.90. The third kappa shape index (κ3) is 3.41. The van der Waals surface area contributed by atoms with Gasteiger partial charge in [-0.2, -0.15) is 0 Å². The zero-order chi connectivity index (χ0) is 13.9. The van der Waals surface area contributed by atoms with Gasteiger partial charge in [-0.05, 0) is 39.3 Å². The maximum absolute atomic E-state index is 5.90. The number of aromatic nitrogens is 1. The summed E-state index contributed by atoms with van der Waals surface area (Å²) in [5.74, 6) is 0. The number of morpholine rings is 1. The third-order valence-electron chi connectivity index (χ3n) is 3.81. The number of rotatable bonds is 4. The van der Waals surface area contributed by atoms with Gasteiger partial charge in [-0.15, -0.1) is 11.8 Å². The van der Waals surface area contributed by atoms with E-state index in [-0.39, 0.29) is 11.6 Å². The molecule has 0 amide bonds. The highest BCUT2D eigenvalue weighted by Gasteiger charge is 2.33. The quantitative estimate of drug-likeness (QED) is 0.855. The number of hydrogen-bond acceptors (Lipinski definition) is 5. The molecule has 5 heteroatoms. The van der Waals surface area contributed by atoms with Gasteiger partial charge in [0.2, 0.25) is 0 Å². The maximum Gasteiger partial charge on any atom is 0.0958 e. The molecule has 4 nitrogen and oxygen atoms in total. The first kappa shape index (κ1) is 14.6. The van der Waals surface area contributed by atoms with Crippen molar-refractivity contribution in [1.82, 2.24) is 10.3 Å². The summed E-state index contributed by atoms with van der Waals surface area (Å²) in [5, 5.41) is 4.39. The van der Waals surface area contributed by atoms with Gasteiger partial charge in [0.05, 0.1) is 29.6 Å². The average molecular weight is 281 g/mol. The van der Waals surface area contributed by atoms with E-state index in [9.17, 15) is 0 Å². The Bertz CT molecular complexity index is 408. The van der Waals surface area contributed by atoms with Crippen LogP contribution in [0.2, 0.25) is 0 Å². The monoisotopic (exact) mass is 281 g/mol. The SMILES string of the molecule is CNC(C)(C)C1CN(c2ccc(SC)nc2)CCO1. The Morgan fingerprint density at radius 3 is 2.84 bits per heavy atom. The van der Waals surface area contributed by atoms with Crippen LogP contribution < -0.4 is 10.2 Å². The minimum atomic E-state index is -0.0225. The van der Waals surface area contributed by atoms with E-state index in [2.05, 4.69) is 41.2 Å². The number of nitrogens with zero attached hydrogens (tertiary/aromatic N) is 2. The number of thioether (sulfide) groups is 1. The van der Waals surface area contributed by atoms with E-state index in [1.54, 1.807) is 11.8 Å². The van der Waals surface area contributed by atoms with Crippen LogP contribution in [0.3, 0.4) is 0 Å². The summed E-state index contributed by atoms with van der Waals surface area (Å²) >= 11 is 1.67. The molecule has 1 atom stereocenters. The van der Waals surface area contributed by atoms with Gasteiger partial charge in [-0.25, -0.2) is 4.98 Å². The fourth-order valence-electron chi connectivity index (χ4n) is 2.16. The Hall–Kier alpha value is -0.780. The highest BCUT2D eigenvalue weighted by atomic mass is 32.2. The second kappa shape index (κ2) is 6.11. The first-order valence-electron chi connectivity index (χ1n) is 6.62. The van der Waals surface area contributed by atoms with E-state index < -0.39 is 0 Å². The average Bonchev–Trinajstić information content (AvgIpc) is 2.47. The van der Waals surface area contributed by atoms with Crippen molar-refractivity contribution in [3.63, 3.8) is 0 Å². The van der Waals surface area contributed by atoms with E-state index in [4.69, 9.17) is 4.74 Å². The van der Waals surface area contributed by atoms with Crippen LogP contribution in [-0.4, -0.2) is 49.6 Å². The van der Waals surface area contributed by atoms with Crippen molar-refractivity contribution in [3.8, 4) is 0 Å². The predicted octanol–water partition coefficient (Wildman–Crippen LogP) is 2.01. The second-order valence-electron chi connectivity index (χ2n) is 5.34. The van der Waals surface area contributed by atoms with Gasteiger partial charge < -0.3 is 15.0 Å². The molecule has 1 aromatic rings. The molecule has 1 aliphatic heterocycles. The lowest BCUT2D eigenvalue weighted by molar-refractivity contribution is -0.0103. The van der Waals surface area contributed by atoms with Crippen molar-refractivity contribution in [2.45, 2.75) is 30.5 Å². The number of hydrogen-bond donors (Lipinski definition) is 1. The van der Waals surface area contributed by atoms with Gasteiger partial charge in [0.1, 0.15) is 0 Å². The third-order valence-corrected chi connectivity index (χ3v) is 4.47. The molecule has 0 saturated carbocycles. The van der Waals surface area contributed by atoms with Gasteiger partial charge in [-0.3, -0.25) is 0 Å². The van der Waals surface area contributed by atoms with Gasteiger partial charge in [0.15, 0.2) is 0 Å². The first-order valence-corrected chi connectivity index (χ1v) is 7.85. The van der Waals surface area contributed by atoms with Crippen LogP contribution in [-0.2, 0) is 4.74 Å². The summed E-state index contributed by atoms with van der Waals surface area (Å²) in [7, 11) is 1.98. The Labute approximate surface area is 119 Å². The lowest BCUT2D eigenvalue weighted by Crippen LogP contribution is -2.57. The minimum absolute atomic E-state index is 0.0225. The van der Waals surface area contributed by atoms with Crippen molar-refractivity contribution >= 4 is 17.4 Å². The van der Waals surface area contributed by atoms with Crippen molar-refractivity contribution in [2.24, 2.45) is 0 Å². The van der Waals surface area contributed by atoms with Gasteiger partial charge in [0, 0.05) is 18.6 Å². The Morgan fingerprint density at radius 1 is 1.47 bits per heavy atom. The van der Waals surface area contributed by atoms with Gasteiger partial charge in [-0.1, -0.05) is 0 Å². The van der Waals surface area contributed by atoms with E-state index >= 15 is 0 Å². The van der Waals surface area contributed by atoms with Crippen LogP contribution in [0.1, 0.15) is 13.8 Å². The number of ether oxygens (including phenoxy) is 1. The fourth-order valence-corrected chi connectivity index (χ4v) is 2.52. The van der Waals surface area contributed by atoms with E-state index in [0.29, 0.717) is 0 Å². The smallest absolute Gasteiger partial charge is 0.0958 e. The lowest BCUT2D eigenvalue weighted by atomic mass is 9.96. The van der Waals surface area contributed by atoms with E-state index in [1.165, 1.54) is 5.69 Å². The Balaban J connectivity index is 2.08. The predicted molar refractivity (Wildman–Crippen MR) is 81.1 cm³/mol. The summed E-state index contributed by atoms with van der Waals surface area (Å²) in [6.07, 6.45) is 4.19. The molecule has 1 saturated heterocycles. The first-order chi connectivity index (χ1) is 9.06. The van der Waals surface area contributed by atoms with E-state index in [1.807, 2.05) is 19.5 Å². The molecule has 2 heterocycles. The molecule has 0 radical (unpaired) electrons. The van der Waals surface area contributed by atoms with Crippen LogP contribution in [0.25, 0.3) is 0 Å². The number of pyridine rings is 1. The molecule has 0 spiro atoms. The summed E-state index contributed by atoms with van der Waals surface area (Å²) < 4.78 is 5.90. The minimum Gasteiger partial charge on any atom is -0.373 e. The molecule has 0 bridgehead atoms. The molecule has 1 fully saturated rings. The molecule has 0 aromatic carbocycles. The number of nitrogens with one attached hydrogen (secondary N) is 1. The summed E-state index contributed by atoms with van der Waals surface area (Å²) in [6, 6.07) is 4.22. The van der Waals surface area contributed by atoms with Crippen molar-refractivity contribution in [2.75, 3.05) is 37.9 Å². The Morgan fingerprint density at radius 2 is 2.26 bits per heavy atom. The highest BCUT2D eigenvalue weighted by molar-refractivity contribution is 7.98. The summed E-state index contributed by atoms with van der Waals surface area (Å²) in [4.78, 5) is 6.80. The molecule has 0 aliphatic carbocycles. The summed E-state index contributed by atoms with van der Waals surface area (Å²) in [6.45, 7) is 6.94. The molecule has 19 heavy (non-hydrogen) atoms. The van der Waals surface area contributed by atoms with Crippen LogP contribution in [0.4, 0.5) is 5.69 Å². The van der Waals surface area contributed by atoms with Crippen molar-refractivity contribution in [1.29, 1.82) is 0 Å². The molecular formula is C14H23N3OS.